The molecule has 1 aromatic heterocycles. The van der Waals surface area contributed by atoms with Crippen molar-refractivity contribution in [3.05, 3.63) is 18.0 Å². The minimum atomic E-state index is 0.895. The summed E-state index contributed by atoms with van der Waals surface area (Å²) in [7, 11) is 0. The topological polar surface area (TPSA) is 38.7 Å². The third kappa shape index (κ3) is 0.992. The summed E-state index contributed by atoms with van der Waals surface area (Å²) >= 11 is 0. The van der Waals surface area contributed by atoms with Crippen molar-refractivity contribution in [1.82, 2.24) is 15.4 Å². The Morgan fingerprint density at radius 1 is 1.75 bits per heavy atom. The lowest BCUT2D eigenvalue weighted by Crippen LogP contribution is -1.90. The second kappa shape index (κ2) is 2.35. The summed E-state index contributed by atoms with van der Waals surface area (Å²) in [5.74, 6) is 0. The Morgan fingerprint density at radius 2 is 2.62 bits per heavy atom. The Kier molecular flexibility index (Phi) is 1.51. The monoisotopic (exact) mass is 108 g/mol. The van der Waals surface area contributed by atoms with Gasteiger partial charge in [-0.05, 0) is 17.7 Å². The van der Waals surface area contributed by atoms with Crippen LogP contribution in [0.4, 0.5) is 0 Å². The second-order valence-corrected chi connectivity index (χ2v) is 1.41. The molecule has 0 atom stereocenters. The maximum absolute atomic E-state index is 3.70. The molecular formula is C5H6N3. The van der Waals surface area contributed by atoms with Crippen LogP contribution in [0.5, 0.6) is 0 Å². The number of aryl methyl sites for hydroxylation is 1. The average Bonchev–Trinajstić information content (AvgIpc) is 1.90. The van der Waals surface area contributed by atoms with E-state index < -0.39 is 0 Å². The lowest BCUT2D eigenvalue weighted by molar-refractivity contribution is 0.808. The summed E-state index contributed by atoms with van der Waals surface area (Å²) in [4.78, 5) is 0. The van der Waals surface area contributed by atoms with Gasteiger partial charge in [-0.3, -0.25) is 0 Å². The maximum atomic E-state index is 3.70. The molecule has 3 heteroatoms. The average molecular weight is 108 g/mol. The fourth-order valence-electron chi connectivity index (χ4n) is 0.411. The van der Waals surface area contributed by atoms with Crippen molar-refractivity contribution in [2.24, 2.45) is 0 Å². The van der Waals surface area contributed by atoms with Crippen molar-refractivity contribution in [2.75, 3.05) is 0 Å². The highest BCUT2D eigenvalue weighted by atomic mass is 15.3. The molecule has 3 nitrogen and oxygen atoms in total. The number of hydrogen-bond acceptors (Lipinski definition) is 3. The molecule has 1 rings (SSSR count). The first kappa shape index (κ1) is 5.15. The van der Waals surface area contributed by atoms with Crippen molar-refractivity contribution in [3.63, 3.8) is 0 Å². The second-order valence-electron chi connectivity index (χ2n) is 1.41. The highest BCUT2D eigenvalue weighted by Gasteiger charge is 1.84. The Morgan fingerprint density at radius 3 is 3.00 bits per heavy atom. The molecule has 0 amide bonds. The van der Waals surface area contributed by atoms with Gasteiger partial charge >= 0.3 is 0 Å². The van der Waals surface area contributed by atoms with Gasteiger partial charge in [-0.25, -0.2) is 0 Å². The summed E-state index contributed by atoms with van der Waals surface area (Å²) in [6, 6.07) is 1.73. The largest absolute Gasteiger partial charge is 0.135 e. The number of aromatic nitrogens is 3. The molecule has 0 bridgehead atoms. The third-order valence-corrected chi connectivity index (χ3v) is 0.869. The van der Waals surface area contributed by atoms with Crippen molar-refractivity contribution in [1.29, 1.82) is 0 Å². The molecule has 41 valence electrons. The summed E-state index contributed by atoms with van der Waals surface area (Å²) in [6.45, 7) is 2.01. The van der Waals surface area contributed by atoms with Crippen LogP contribution in [0.2, 0.25) is 0 Å². The molecule has 0 aliphatic rings. The van der Waals surface area contributed by atoms with Gasteiger partial charge in [-0.1, -0.05) is 6.92 Å². The molecule has 0 saturated heterocycles. The number of rotatable bonds is 1. The standard InChI is InChI=1S/C5H6N3/c1-2-5-3-4-6-8-7-5/h3H,2H2,1H3. The third-order valence-electron chi connectivity index (χ3n) is 0.869. The van der Waals surface area contributed by atoms with E-state index in [0.29, 0.717) is 0 Å². The predicted molar refractivity (Wildman–Crippen MR) is 28.0 cm³/mol. The van der Waals surface area contributed by atoms with Gasteiger partial charge < -0.3 is 0 Å². The molecule has 1 heterocycles. The molecule has 0 aromatic carbocycles. The van der Waals surface area contributed by atoms with Crippen LogP contribution in [0.1, 0.15) is 12.6 Å². The van der Waals surface area contributed by atoms with Gasteiger partial charge in [-0.2, -0.15) is 0 Å². The van der Waals surface area contributed by atoms with Gasteiger partial charge in [0.1, 0.15) is 6.20 Å². The fourth-order valence-corrected chi connectivity index (χ4v) is 0.411. The lowest BCUT2D eigenvalue weighted by Gasteiger charge is -1.85. The first-order valence-electron chi connectivity index (χ1n) is 2.49. The van der Waals surface area contributed by atoms with Crippen LogP contribution in [0.3, 0.4) is 0 Å². The Hall–Kier alpha value is -0.990. The SMILES string of the molecule is CCc1c[c]nnn1. The van der Waals surface area contributed by atoms with Crippen molar-refractivity contribution >= 4 is 0 Å². The van der Waals surface area contributed by atoms with Gasteiger partial charge in [-0.15, -0.1) is 10.2 Å². The van der Waals surface area contributed by atoms with E-state index in [0.717, 1.165) is 12.1 Å². The van der Waals surface area contributed by atoms with E-state index in [2.05, 4.69) is 21.6 Å². The van der Waals surface area contributed by atoms with Gasteiger partial charge in [0, 0.05) is 0 Å². The molecule has 0 saturated carbocycles. The summed E-state index contributed by atoms with van der Waals surface area (Å²) in [6.07, 6.45) is 3.48. The zero-order valence-electron chi connectivity index (χ0n) is 4.63. The van der Waals surface area contributed by atoms with E-state index in [1.807, 2.05) is 6.92 Å². The highest BCUT2D eigenvalue weighted by Crippen LogP contribution is 1.86. The molecule has 0 aliphatic carbocycles. The van der Waals surface area contributed by atoms with E-state index in [9.17, 15) is 0 Å². The van der Waals surface area contributed by atoms with E-state index in [-0.39, 0.29) is 0 Å². The van der Waals surface area contributed by atoms with Gasteiger partial charge in [0.15, 0.2) is 0 Å². The van der Waals surface area contributed by atoms with Crippen LogP contribution in [0, 0.1) is 6.20 Å². The Bertz CT molecular complexity index is 149. The van der Waals surface area contributed by atoms with Gasteiger partial charge in [0.05, 0.1) is 5.69 Å². The molecular weight excluding hydrogens is 102 g/mol. The molecule has 8 heavy (non-hydrogen) atoms. The minimum Gasteiger partial charge on any atom is -0.135 e. The summed E-state index contributed by atoms with van der Waals surface area (Å²) < 4.78 is 0. The molecule has 0 aliphatic heterocycles. The van der Waals surface area contributed by atoms with Crippen LogP contribution in [0.15, 0.2) is 6.07 Å². The number of hydrogen-bond donors (Lipinski definition) is 0. The van der Waals surface area contributed by atoms with Crippen LogP contribution in [0.25, 0.3) is 0 Å². The minimum absolute atomic E-state index is 0.895. The van der Waals surface area contributed by atoms with Crippen molar-refractivity contribution in [2.45, 2.75) is 13.3 Å². The number of nitrogens with zero attached hydrogens (tertiary/aromatic N) is 3. The van der Waals surface area contributed by atoms with Gasteiger partial charge in [0.2, 0.25) is 0 Å². The highest BCUT2D eigenvalue weighted by molar-refractivity contribution is 4.92. The molecule has 0 fully saturated rings. The molecule has 1 radical (unpaired) electrons. The van der Waals surface area contributed by atoms with Crippen LogP contribution in [-0.2, 0) is 6.42 Å². The molecule has 1 aromatic rings. The van der Waals surface area contributed by atoms with Gasteiger partial charge in [0.25, 0.3) is 0 Å². The van der Waals surface area contributed by atoms with Crippen molar-refractivity contribution in [3.8, 4) is 0 Å². The summed E-state index contributed by atoms with van der Waals surface area (Å²) in [5, 5.41) is 10.5. The van der Waals surface area contributed by atoms with Crippen LogP contribution < -0.4 is 0 Å². The van der Waals surface area contributed by atoms with E-state index in [1.165, 1.54) is 0 Å². The fraction of sp³-hybridized carbons (Fsp3) is 0.400. The van der Waals surface area contributed by atoms with Crippen LogP contribution >= 0.6 is 0 Å². The quantitative estimate of drug-likeness (QED) is 0.517. The first-order valence-corrected chi connectivity index (χ1v) is 2.49. The van der Waals surface area contributed by atoms with E-state index in [4.69, 9.17) is 0 Å². The smallest absolute Gasteiger partial charge is 0.117 e. The molecule has 0 spiro atoms. The van der Waals surface area contributed by atoms with E-state index in [1.54, 1.807) is 6.07 Å². The Labute approximate surface area is 47.8 Å². The lowest BCUT2D eigenvalue weighted by atomic mass is 10.3. The predicted octanol–water partition coefficient (Wildman–Crippen LogP) is 0.234. The summed E-state index contributed by atoms with van der Waals surface area (Å²) in [5.41, 5.74) is 0.931. The maximum Gasteiger partial charge on any atom is 0.117 e. The van der Waals surface area contributed by atoms with Crippen LogP contribution in [-0.4, -0.2) is 15.4 Å². The normalized spacial score (nSPS) is 9.12. The zero-order chi connectivity index (χ0) is 5.82. The van der Waals surface area contributed by atoms with E-state index >= 15 is 0 Å². The zero-order valence-corrected chi connectivity index (χ0v) is 4.63. The molecule has 0 unspecified atom stereocenters. The molecule has 0 N–H and O–H groups in total. The Balaban J connectivity index is 2.83. The first-order chi connectivity index (χ1) is 3.93. The van der Waals surface area contributed by atoms with Crippen molar-refractivity contribution < 1.29 is 0 Å².